The van der Waals surface area contributed by atoms with Gasteiger partial charge in [0.2, 0.25) is 0 Å². The van der Waals surface area contributed by atoms with E-state index >= 15 is 0 Å². The third kappa shape index (κ3) is 6.14. The fraction of sp³-hybridized carbons (Fsp3) is 1.00. The molecule has 4 heteroatoms. The van der Waals surface area contributed by atoms with Crippen molar-refractivity contribution in [3.63, 3.8) is 0 Å². The predicted molar refractivity (Wildman–Crippen MR) is 74.8 cm³/mol. The van der Waals surface area contributed by atoms with E-state index in [0.29, 0.717) is 6.04 Å². The minimum Gasteiger partial charge on any atom is -0.353 e. The van der Waals surface area contributed by atoms with Gasteiger partial charge in [-0.2, -0.15) is 0 Å². The van der Waals surface area contributed by atoms with Crippen molar-refractivity contribution < 1.29 is 9.47 Å². The zero-order chi connectivity index (χ0) is 13.2. The molecule has 1 rings (SSSR count). The molecule has 1 atom stereocenters. The lowest BCUT2D eigenvalue weighted by atomic mass is 10.0. The van der Waals surface area contributed by atoms with Gasteiger partial charge in [0.15, 0.2) is 6.29 Å². The molecular formula is C14H30N2O2. The van der Waals surface area contributed by atoms with Crippen molar-refractivity contribution >= 4 is 0 Å². The van der Waals surface area contributed by atoms with Crippen LogP contribution in [0.4, 0.5) is 0 Å². The number of rotatable bonds is 9. The van der Waals surface area contributed by atoms with Crippen LogP contribution in [-0.4, -0.2) is 57.1 Å². The summed E-state index contributed by atoms with van der Waals surface area (Å²) in [6.45, 7) is 8.75. The highest BCUT2D eigenvalue weighted by atomic mass is 16.7. The number of ether oxygens (including phenoxy) is 2. The summed E-state index contributed by atoms with van der Waals surface area (Å²) in [4.78, 5) is 2.47. The first kappa shape index (κ1) is 15.9. The number of likely N-dealkylation sites (tertiary alicyclic amines) is 1. The van der Waals surface area contributed by atoms with Gasteiger partial charge in [-0.15, -0.1) is 0 Å². The summed E-state index contributed by atoms with van der Waals surface area (Å²) < 4.78 is 11.0. The summed E-state index contributed by atoms with van der Waals surface area (Å²) in [5, 5.41) is 3.53. The zero-order valence-corrected chi connectivity index (χ0v) is 12.3. The Balaban J connectivity index is 2.08. The third-order valence-electron chi connectivity index (χ3n) is 3.56. The van der Waals surface area contributed by atoms with E-state index in [1.807, 2.05) is 13.8 Å². The smallest absolute Gasteiger partial charge is 0.158 e. The molecule has 1 aliphatic rings. The molecule has 0 aromatic heterocycles. The van der Waals surface area contributed by atoms with E-state index in [2.05, 4.69) is 17.3 Å². The molecule has 18 heavy (non-hydrogen) atoms. The van der Waals surface area contributed by atoms with E-state index in [1.165, 1.54) is 25.8 Å². The van der Waals surface area contributed by atoms with Crippen LogP contribution in [0, 0.1) is 0 Å². The van der Waals surface area contributed by atoms with E-state index in [1.54, 1.807) is 0 Å². The van der Waals surface area contributed by atoms with Crippen molar-refractivity contribution in [2.45, 2.75) is 51.9 Å². The second-order valence-corrected chi connectivity index (χ2v) is 4.96. The standard InChI is InChI=1S/C14H30N2O2/c1-4-17-14(18-5-2)9-10-15-12-13-8-6-7-11-16(13)3/h13-15H,4-12H2,1-3H3. The quantitative estimate of drug-likeness (QED) is 0.505. The zero-order valence-electron chi connectivity index (χ0n) is 12.3. The Morgan fingerprint density at radius 3 is 2.56 bits per heavy atom. The minimum atomic E-state index is -0.0448. The van der Waals surface area contributed by atoms with Gasteiger partial charge in [0.1, 0.15) is 0 Å². The van der Waals surface area contributed by atoms with Crippen LogP contribution < -0.4 is 5.32 Å². The maximum absolute atomic E-state index is 5.52. The Labute approximate surface area is 112 Å². The summed E-state index contributed by atoms with van der Waals surface area (Å²) in [6, 6.07) is 0.705. The molecule has 0 spiro atoms. The molecule has 0 amide bonds. The van der Waals surface area contributed by atoms with Gasteiger partial charge in [-0.3, -0.25) is 0 Å². The van der Waals surface area contributed by atoms with Gasteiger partial charge in [0.25, 0.3) is 0 Å². The Hall–Kier alpha value is -0.160. The van der Waals surface area contributed by atoms with Crippen LogP contribution in [0.5, 0.6) is 0 Å². The third-order valence-corrected chi connectivity index (χ3v) is 3.56. The highest BCUT2D eigenvalue weighted by Crippen LogP contribution is 2.13. The largest absolute Gasteiger partial charge is 0.353 e. The number of nitrogens with zero attached hydrogens (tertiary/aromatic N) is 1. The SMILES string of the molecule is CCOC(CCNCC1CCCCN1C)OCC. The molecule has 4 nitrogen and oxygen atoms in total. The van der Waals surface area contributed by atoms with Crippen molar-refractivity contribution in [2.24, 2.45) is 0 Å². The predicted octanol–water partition coefficient (Wildman–Crippen LogP) is 1.85. The van der Waals surface area contributed by atoms with Crippen LogP contribution in [0.2, 0.25) is 0 Å². The topological polar surface area (TPSA) is 33.7 Å². The first-order valence-corrected chi connectivity index (χ1v) is 7.42. The van der Waals surface area contributed by atoms with Crippen molar-refractivity contribution in [3.8, 4) is 0 Å². The fourth-order valence-electron chi connectivity index (χ4n) is 2.48. The Morgan fingerprint density at radius 1 is 1.22 bits per heavy atom. The van der Waals surface area contributed by atoms with Crippen LogP contribution in [0.15, 0.2) is 0 Å². The molecular weight excluding hydrogens is 228 g/mol. The minimum absolute atomic E-state index is 0.0448. The normalized spacial score (nSPS) is 21.7. The molecule has 1 N–H and O–H groups in total. The van der Waals surface area contributed by atoms with Gasteiger partial charge in [-0.1, -0.05) is 6.42 Å². The van der Waals surface area contributed by atoms with Crippen LogP contribution in [0.3, 0.4) is 0 Å². The summed E-state index contributed by atoms with van der Waals surface area (Å²) in [7, 11) is 2.23. The molecule has 1 saturated heterocycles. The molecule has 0 bridgehead atoms. The van der Waals surface area contributed by atoms with Crippen LogP contribution in [0.25, 0.3) is 0 Å². The molecule has 1 heterocycles. The molecule has 1 aliphatic heterocycles. The van der Waals surface area contributed by atoms with Crippen molar-refractivity contribution in [3.05, 3.63) is 0 Å². The second kappa shape index (κ2) is 9.73. The number of hydrogen-bond acceptors (Lipinski definition) is 4. The summed E-state index contributed by atoms with van der Waals surface area (Å²) in [5.41, 5.74) is 0. The summed E-state index contributed by atoms with van der Waals surface area (Å²) in [5.74, 6) is 0. The number of likely N-dealkylation sites (N-methyl/N-ethyl adjacent to an activating group) is 1. The van der Waals surface area contributed by atoms with Crippen LogP contribution >= 0.6 is 0 Å². The van der Waals surface area contributed by atoms with E-state index in [-0.39, 0.29) is 6.29 Å². The Morgan fingerprint density at radius 2 is 1.94 bits per heavy atom. The second-order valence-electron chi connectivity index (χ2n) is 4.96. The fourth-order valence-corrected chi connectivity index (χ4v) is 2.48. The highest BCUT2D eigenvalue weighted by molar-refractivity contribution is 4.76. The van der Waals surface area contributed by atoms with Gasteiger partial charge in [0, 0.05) is 38.8 Å². The van der Waals surface area contributed by atoms with Crippen molar-refractivity contribution in [1.82, 2.24) is 10.2 Å². The van der Waals surface area contributed by atoms with Crippen LogP contribution in [0.1, 0.15) is 39.5 Å². The van der Waals surface area contributed by atoms with E-state index in [4.69, 9.17) is 9.47 Å². The van der Waals surface area contributed by atoms with E-state index < -0.39 is 0 Å². The number of hydrogen-bond donors (Lipinski definition) is 1. The van der Waals surface area contributed by atoms with Crippen molar-refractivity contribution in [1.29, 1.82) is 0 Å². The van der Waals surface area contributed by atoms with E-state index in [0.717, 1.165) is 32.7 Å². The lowest BCUT2D eigenvalue weighted by Gasteiger charge is -2.32. The first-order chi connectivity index (χ1) is 8.77. The molecule has 0 aromatic carbocycles. The van der Waals surface area contributed by atoms with Gasteiger partial charge in [0.05, 0.1) is 0 Å². The first-order valence-electron chi connectivity index (χ1n) is 7.42. The maximum Gasteiger partial charge on any atom is 0.158 e. The van der Waals surface area contributed by atoms with Crippen molar-refractivity contribution in [2.75, 3.05) is 39.9 Å². The molecule has 0 aromatic rings. The molecule has 0 radical (unpaired) electrons. The molecule has 1 fully saturated rings. The molecule has 1 unspecified atom stereocenters. The van der Waals surface area contributed by atoms with Gasteiger partial charge < -0.3 is 19.7 Å². The summed E-state index contributed by atoms with van der Waals surface area (Å²) >= 11 is 0. The lowest BCUT2D eigenvalue weighted by molar-refractivity contribution is -0.138. The summed E-state index contributed by atoms with van der Waals surface area (Å²) in [6.07, 6.45) is 4.93. The highest BCUT2D eigenvalue weighted by Gasteiger charge is 2.18. The monoisotopic (exact) mass is 258 g/mol. The molecule has 0 aliphatic carbocycles. The van der Waals surface area contributed by atoms with E-state index in [9.17, 15) is 0 Å². The molecule has 0 saturated carbocycles. The Kier molecular flexibility index (Phi) is 8.59. The lowest BCUT2D eigenvalue weighted by Crippen LogP contribution is -2.43. The average molecular weight is 258 g/mol. The maximum atomic E-state index is 5.52. The number of nitrogens with one attached hydrogen (secondary N) is 1. The number of piperidine rings is 1. The van der Waals surface area contributed by atoms with Gasteiger partial charge >= 0.3 is 0 Å². The Bertz CT molecular complexity index is 196. The molecule has 108 valence electrons. The average Bonchev–Trinajstić information content (AvgIpc) is 2.37. The van der Waals surface area contributed by atoms with Gasteiger partial charge in [-0.25, -0.2) is 0 Å². The van der Waals surface area contributed by atoms with Gasteiger partial charge in [-0.05, 0) is 40.3 Å². The van der Waals surface area contributed by atoms with Crippen LogP contribution in [-0.2, 0) is 9.47 Å².